The summed E-state index contributed by atoms with van der Waals surface area (Å²) in [5.74, 6) is -0.464. The van der Waals surface area contributed by atoms with Gasteiger partial charge in [-0.3, -0.25) is 4.79 Å². The maximum Gasteiger partial charge on any atom is 0.193 e. The Bertz CT molecular complexity index is 499. The summed E-state index contributed by atoms with van der Waals surface area (Å²) >= 11 is 1.70. The van der Waals surface area contributed by atoms with Gasteiger partial charge >= 0.3 is 0 Å². The SMILES string of the molecule is Cc1ccc(-c2ccc(C(=O)CF)cc2)s1. The van der Waals surface area contributed by atoms with Crippen LogP contribution in [0.3, 0.4) is 0 Å². The van der Waals surface area contributed by atoms with E-state index in [9.17, 15) is 9.18 Å². The van der Waals surface area contributed by atoms with Gasteiger partial charge in [-0.1, -0.05) is 24.3 Å². The molecule has 0 atom stereocenters. The number of aryl methyl sites for hydroxylation is 1. The van der Waals surface area contributed by atoms with Gasteiger partial charge in [0.05, 0.1) is 0 Å². The zero-order chi connectivity index (χ0) is 11.5. The lowest BCUT2D eigenvalue weighted by Gasteiger charge is -1.99. The van der Waals surface area contributed by atoms with Crippen molar-refractivity contribution < 1.29 is 9.18 Å². The van der Waals surface area contributed by atoms with E-state index in [1.165, 1.54) is 4.88 Å². The minimum Gasteiger partial charge on any atom is -0.291 e. The summed E-state index contributed by atoms with van der Waals surface area (Å²) in [7, 11) is 0. The Balaban J connectivity index is 2.29. The lowest BCUT2D eigenvalue weighted by Crippen LogP contribution is -1.99. The maximum atomic E-state index is 12.2. The van der Waals surface area contributed by atoms with Crippen molar-refractivity contribution in [2.24, 2.45) is 0 Å². The summed E-state index contributed by atoms with van der Waals surface area (Å²) in [5, 5.41) is 0. The number of alkyl halides is 1. The first-order chi connectivity index (χ1) is 7.70. The van der Waals surface area contributed by atoms with Crippen molar-refractivity contribution in [1.82, 2.24) is 0 Å². The normalized spacial score (nSPS) is 10.4. The van der Waals surface area contributed by atoms with Crippen LogP contribution in [-0.2, 0) is 0 Å². The summed E-state index contributed by atoms with van der Waals surface area (Å²) in [6.45, 7) is 1.12. The van der Waals surface area contributed by atoms with Crippen LogP contribution in [0.1, 0.15) is 15.2 Å². The summed E-state index contributed by atoms with van der Waals surface area (Å²) in [4.78, 5) is 13.5. The number of Topliss-reactive ketones (excluding diaryl/α,β-unsaturated/α-hetero) is 1. The van der Waals surface area contributed by atoms with E-state index in [4.69, 9.17) is 0 Å². The molecule has 0 saturated heterocycles. The molecule has 1 heterocycles. The lowest BCUT2D eigenvalue weighted by atomic mass is 10.1. The molecule has 3 heteroatoms. The average Bonchev–Trinajstić information content (AvgIpc) is 2.75. The van der Waals surface area contributed by atoms with Gasteiger partial charge in [0.15, 0.2) is 12.5 Å². The van der Waals surface area contributed by atoms with E-state index in [1.54, 1.807) is 23.5 Å². The van der Waals surface area contributed by atoms with Gasteiger partial charge < -0.3 is 0 Å². The topological polar surface area (TPSA) is 17.1 Å². The van der Waals surface area contributed by atoms with Crippen LogP contribution in [0.25, 0.3) is 10.4 Å². The van der Waals surface area contributed by atoms with E-state index in [0.29, 0.717) is 5.56 Å². The fourth-order valence-corrected chi connectivity index (χ4v) is 2.36. The Morgan fingerprint density at radius 3 is 2.38 bits per heavy atom. The number of thiophene rings is 1. The van der Waals surface area contributed by atoms with Crippen LogP contribution < -0.4 is 0 Å². The van der Waals surface area contributed by atoms with E-state index in [-0.39, 0.29) is 0 Å². The number of rotatable bonds is 3. The second kappa shape index (κ2) is 4.58. The zero-order valence-corrected chi connectivity index (χ0v) is 9.68. The second-order valence-corrected chi connectivity index (χ2v) is 4.83. The first kappa shape index (κ1) is 11.0. The Labute approximate surface area is 97.6 Å². The summed E-state index contributed by atoms with van der Waals surface area (Å²) in [6.07, 6.45) is 0. The van der Waals surface area contributed by atoms with Crippen molar-refractivity contribution in [3.05, 3.63) is 46.8 Å². The Morgan fingerprint density at radius 1 is 1.19 bits per heavy atom. The van der Waals surface area contributed by atoms with Crippen LogP contribution in [0.2, 0.25) is 0 Å². The first-order valence-corrected chi connectivity index (χ1v) is 5.78. The van der Waals surface area contributed by atoms with Crippen LogP contribution in [0, 0.1) is 6.92 Å². The quantitative estimate of drug-likeness (QED) is 0.737. The molecule has 0 spiro atoms. The Hall–Kier alpha value is -1.48. The standard InChI is InChI=1S/C13H11FOS/c1-9-2-7-13(16-9)11-5-3-10(4-6-11)12(15)8-14/h2-7H,8H2,1H3. The highest BCUT2D eigenvalue weighted by Gasteiger charge is 2.05. The predicted octanol–water partition coefficient (Wildman–Crippen LogP) is 3.88. The molecular formula is C13H11FOS. The smallest absolute Gasteiger partial charge is 0.193 e. The van der Waals surface area contributed by atoms with Crippen LogP contribution in [0.4, 0.5) is 4.39 Å². The molecular weight excluding hydrogens is 223 g/mol. The van der Waals surface area contributed by atoms with E-state index in [2.05, 4.69) is 13.0 Å². The van der Waals surface area contributed by atoms with Gasteiger partial charge in [-0.2, -0.15) is 0 Å². The summed E-state index contributed by atoms with van der Waals surface area (Å²) < 4.78 is 12.2. The third-order valence-corrected chi connectivity index (χ3v) is 3.40. The van der Waals surface area contributed by atoms with Crippen molar-refractivity contribution >= 4 is 17.1 Å². The molecule has 1 nitrogen and oxygen atoms in total. The molecule has 0 N–H and O–H groups in total. The molecule has 0 aliphatic rings. The van der Waals surface area contributed by atoms with Crippen molar-refractivity contribution in [3.8, 4) is 10.4 Å². The van der Waals surface area contributed by atoms with E-state index in [0.717, 1.165) is 10.4 Å². The fourth-order valence-electron chi connectivity index (χ4n) is 1.49. The van der Waals surface area contributed by atoms with E-state index in [1.807, 2.05) is 18.2 Å². The number of benzene rings is 1. The number of halogens is 1. The number of hydrogen-bond acceptors (Lipinski definition) is 2. The molecule has 0 saturated carbocycles. The molecule has 82 valence electrons. The van der Waals surface area contributed by atoms with Crippen molar-refractivity contribution in [1.29, 1.82) is 0 Å². The first-order valence-electron chi connectivity index (χ1n) is 4.97. The van der Waals surface area contributed by atoms with Gasteiger partial charge in [0.25, 0.3) is 0 Å². The minimum absolute atomic E-state index is 0.430. The van der Waals surface area contributed by atoms with Gasteiger partial charge in [-0.25, -0.2) is 4.39 Å². The largest absolute Gasteiger partial charge is 0.291 e. The zero-order valence-electron chi connectivity index (χ0n) is 8.87. The second-order valence-electron chi connectivity index (χ2n) is 3.54. The van der Waals surface area contributed by atoms with Crippen molar-refractivity contribution in [2.75, 3.05) is 6.67 Å². The van der Waals surface area contributed by atoms with E-state index >= 15 is 0 Å². The molecule has 0 bridgehead atoms. The number of carbonyl (C=O) groups excluding carboxylic acids is 1. The Kier molecular flexibility index (Phi) is 3.15. The number of ketones is 1. The van der Waals surface area contributed by atoms with Gasteiger partial charge in [0, 0.05) is 15.3 Å². The van der Waals surface area contributed by atoms with Crippen molar-refractivity contribution in [3.63, 3.8) is 0 Å². The number of hydrogen-bond donors (Lipinski definition) is 0. The minimum atomic E-state index is -0.933. The lowest BCUT2D eigenvalue weighted by molar-refractivity contribution is 0.0958. The summed E-state index contributed by atoms with van der Waals surface area (Å²) in [6, 6.07) is 11.2. The fraction of sp³-hybridized carbons (Fsp3) is 0.154. The highest BCUT2D eigenvalue weighted by atomic mass is 32.1. The molecule has 1 aromatic carbocycles. The van der Waals surface area contributed by atoms with Gasteiger partial charge in [0.2, 0.25) is 0 Å². The average molecular weight is 234 g/mol. The predicted molar refractivity (Wildman–Crippen MR) is 64.8 cm³/mol. The van der Waals surface area contributed by atoms with Crippen LogP contribution >= 0.6 is 11.3 Å². The van der Waals surface area contributed by atoms with Gasteiger partial charge in [-0.05, 0) is 24.6 Å². The molecule has 0 fully saturated rings. The molecule has 16 heavy (non-hydrogen) atoms. The molecule has 0 aliphatic carbocycles. The third-order valence-electron chi connectivity index (χ3n) is 2.35. The Morgan fingerprint density at radius 2 is 1.88 bits per heavy atom. The number of carbonyl (C=O) groups is 1. The maximum absolute atomic E-state index is 12.2. The van der Waals surface area contributed by atoms with Crippen molar-refractivity contribution in [2.45, 2.75) is 6.92 Å². The third kappa shape index (κ3) is 2.19. The molecule has 2 aromatic rings. The molecule has 1 aromatic heterocycles. The highest BCUT2D eigenvalue weighted by Crippen LogP contribution is 2.27. The molecule has 0 aliphatic heterocycles. The molecule has 0 unspecified atom stereocenters. The van der Waals surface area contributed by atoms with E-state index < -0.39 is 12.5 Å². The van der Waals surface area contributed by atoms with Crippen LogP contribution in [0.15, 0.2) is 36.4 Å². The molecule has 2 rings (SSSR count). The summed E-state index contributed by atoms with van der Waals surface area (Å²) in [5.41, 5.74) is 1.49. The van der Waals surface area contributed by atoms with Gasteiger partial charge in [0.1, 0.15) is 0 Å². The molecule has 0 radical (unpaired) electrons. The van der Waals surface area contributed by atoms with Gasteiger partial charge in [-0.15, -0.1) is 11.3 Å². The molecule has 0 amide bonds. The monoisotopic (exact) mass is 234 g/mol. The highest BCUT2D eigenvalue weighted by molar-refractivity contribution is 7.15. The van der Waals surface area contributed by atoms with Crippen LogP contribution in [0.5, 0.6) is 0 Å². The van der Waals surface area contributed by atoms with Crippen LogP contribution in [-0.4, -0.2) is 12.5 Å².